The molecule has 0 saturated carbocycles. The van der Waals surface area contributed by atoms with Gasteiger partial charge in [0.15, 0.2) is 10.1 Å². The van der Waals surface area contributed by atoms with E-state index in [2.05, 4.69) is 15.3 Å². The van der Waals surface area contributed by atoms with Crippen molar-refractivity contribution in [1.29, 1.82) is 0 Å². The summed E-state index contributed by atoms with van der Waals surface area (Å²) in [5.41, 5.74) is 0.463. The standard InChI is InChI=1S/C24H25N3O6S2/c1-24(2,3)15-9-11-16(12-10-15)35(31,32)19-13-25-23(27-21(19)29)34-14-20(28)26-18-8-6-5-7-17(18)22(30)33-4/h5-13H,14H2,1-4H3,(H,26,28)(H,25,27,29). The van der Waals surface area contributed by atoms with Crippen LogP contribution in [-0.2, 0) is 24.8 Å². The Bertz CT molecular complexity index is 1410. The van der Waals surface area contributed by atoms with Gasteiger partial charge in [0.1, 0.15) is 0 Å². The number of carbonyl (C=O) groups excluding carboxylic acids is 2. The predicted octanol–water partition coefficient (Wildman–Crippen LogP) is 3.42. The maximum Gasteiger partial charge on any atom is 0.339 e. The lowest BCUT2D eigenvalue weighted by Crippen LogP contribution is -2.20. The Morgan fingerprint density at radius 1 is 1.09 bits per heavy atom. The minimum Gasteiger partial charge on any atom is -0.465 e. The zero-order valence-corrected chi connectivity index (χ0v) is 21.2. The zero-order valence-electron chi connectivity index (χ0n) is 19.6. The number of H-pyrrole nitrogens is 1. The van der Waals surface area contributed by atoms with Crippen molar-refractivity contribution in [2.75, 3.05) is 18.2 Å². The summed E-state index contributed by atoms with van der Waals surface area (Å²) >= 11 is 0.912. The molecule has 11 heteroatoms. The summed E-state index contributed by atoms with van der Waals surface area (Å²) in [6, 6.07) is 12.7. The van der Waals surface area contributed by atoms with Crippen LogP contribution in [-0.4, -0.2) is 43.1 Å². The van der Waals surface area contributed by atoms with Crippen LogP contribution in [0, 0.1) is 0 Å². The molecule has 1 amide bonds. The Morgan fingerprint density at radius 2 is 1.74 bits per heavy atom. The molecule has 0 atom stereocenters. The lowest BCUT2D eigenvalue weighted by Gasteiger charge is -2.19. The first-order valence-electron chi connectivity index (χ1n) is 10.5. The average molecular weight is 516 g/mol. The number of anilines is 1. The van der Waals surface area contributed by atoms with Crippen molar-refractivity contribution >= 4 is 39.2 Å². The van der Waals surface area contributed by atoms with E-state index in [1.54, 1.807) is 30.3 Å². The van der Waals surface area contributed by atoms with Crippen LogP contribution in [0.3, 0.4) is 0 Å². The van der Waals surface area contributed by atoms with Gasteiger partial charge in [-0.15, -0.1) is 0 Å². The fourth-order valence-corrected chi connectivity index (χ4v) is 4.96. The van der Waals surface area contributed by atoms with E-state index in [1.165, 1.54) is 25.3 Å². The van der Waals surface area contributed by atoms with Crippen molar-refractivity contribution in [2.45, 2.75) is 41.1 Å². The molecule has 0 spiro atoms. The summed E-state index contributed by atoms with van der Waals surface area (Å²) in [6.07, 6.45) is 0.985. The third-order valence-corrected chi connectivity index (χ3v) is 7.66. The molecule has 0 saturated heterocycles. The first-order chi connectivity index (χ1) is 16.4. The number of ether oxygens (including phenoxy) is 1. The van der Waals surface area contributed by atoms with Gasteiger partial charge in [0.2, 0.25) is 15.7 Å². The lowest BCUT2D eigenvalue weighted by molar-refractivity contribution is -0.113. The second kappa shape index (κ2) is 10.4. The number of hydrogen-bond donors (Lipinski definition) is 2. The highest BCUT2D eigenvalue weighted by molar-refractivity contribution is 7.99. The van der Waals surface area contributed by atoms with E-state index in [4.69, 9.17) is 4.74 Å². The number of esters is 1. The number of rotatable bonds is 7. The summed E-state index contributed by atoms with van der Waals surface area (Å²) in [5, 5.41) is 2.68. The van der Waals surface area contributed by atoms with Gasteiger partial charge in [0.25, 0.3) is 5.56 Å². The molecule has 3 rings (SSSR count). The van der Waals surface area contributed by atoms with E-state index >= 15 is 0 Å². The molecular formula is C24H25N3O6S2. The number of para-hydroxylation sites is 1. The molecule has 35 heavy (non-hydrogen) atoms. The van der Waals surface area contributed by atoms with Crippen molar-refractivity contribution < 1.29 is 22.7 Å². The highest BCUT2D eigenvalue weighted by Crippen LogP contribution is 2.25. The minimum atomic E-state index is -4.07. The van der Waals surface area contributed by atoms with Gasteiger partial charge in [-0.05, 0) is 35.2 Å². The normalized spacial score (nSPS) is 11.7. The summed E-state index contributed by atoms with van der Waals surface area (Å²) < 4.78 is 30.6. The Kier molecular flexibility index (Phi) is 7.81. The second-order valence-corrected chi connectivity index (χ2v) is 11.4. The van der Waals surface area contributed by atoms with Gasteiger partial charge >= 0.3 is 5.97 Å². The smallest absolute Gasteiger partial charge is 0.339 e. The van der Waals surface area contributed by atoms with E-state index < -0.39 is 32.2 Å². The van der Waals surface area contributed by atoms with Gasteiger partial charge in [0, 0.05) is 0 Å². The van der Waals surface area contributed by atoms with Gasteiger partial charge < -0.3 is 15.0 Å². The molecule has 0 bridgehead atoms. The van der Waals surface area contributed by atoms with E-state index in [-0.39, 0.29) is 32.5 Å². The molecule has 2 N–H and O–H groups in total. The van der Waals surface area contributed by atoms with Gasteiger partial charge in [-0.25, -0.2) is 18.2 Å². The Labute approximate surface area is 207 Å². The maximum atomic E-state index is 12.9. The molecule has 0 aliphatic rings. The molecule has 0 aliphatic carbocycles. The molecule has 184 valence electrons. The number of aromatic amines is 1. The van der Waals surface area contributed by atoms with Crippen LogP contribution in [0.1, 0.15) is 36.7 Å². The first kappa shape index (κ1) is 26.2. The maximum absolute atomic E-state index is 12.9. The largest absolute Gasteiger partial charge is 0.465 e. The number of benzene rings is 2. The van der Waals surface area contributed by atoms with Crippen molar-refractivity contribution in [3.05, 3.63) is 76.2 Å². The third kappa shape index (κ3) is 6.17. The summed E-state index contributed by atoms with van der Waals surface area (Å²) in [7, 11) is -2.84. The number of carbonyl (C=O) groups is 2. The Balaban J connectivity index is 1.71. The number of hydrogen-bond acceptors (Lipinski definition) is 8. The number of thioether (sulfide) groups is 1. The van der Waals surface area contributed by atoms with E-state index in [9.17, 15) is 22.8 Å². The number of sulfone groups is 1. The molecule has 0 radical (unpaired) electrons. The van der Waals surface area contributed by atoms with Crippen LogP contribution >= 0.6 is 11.8 Å². The molecule has 2 aromatic carbocycles. The Morgan fingerprint density at radius 3 is 2.34 bits per heavy atom. The molecule has 0 fully saturated rings. The number of nitrogens with one attached hydrogen (secondary N) is 2. The first-order valence-corrected chi connectivity index (χ1v) is 13.0. The van der Waals surface area contributed by atoms with Crippen LogP contribution < -0.4 is 10.9 Å². The molecular weight excluding hydrogens is 490 g/mol. The monoisotopic (exact) mass is 515 g/mol. The number of nitrogens with zero attached hydrogens (tertiary/aromatic N) is 1. The van der Waals surface area contributed by atoms with E-state index in [0.717, 1.165) is 23.5 Å². The topological polar surface area (TPSA) is 135 Å². The predicted molar refractivity (Wildman–Crippen MR) is 133 cm³/mol. The third-order valence-electron chi connectivity index (χ3n) is 5.01. The summed E-state index contributed by atoms with van der Waals surface area (Å²) in [6.45, 7) is 6.04. The molecule has 3 aromatic rings. The van der Waals surface area contributed by atoms with Gasteiger partial charge in [-0.2, -0.15) is 0 Å². The quantitative estimate of drug-likeness (QED) is 0.278. The van der Waals surface area contributed by atoms with Crippen LogP contribution in [0.2, 0.25) is 0 Å². The average Bonchev–Trinajstić information content (AvgIpc) is 2.82. The fourth-order valence-electron chi connectivity index (χ4n) is 3.09. The van der Waals surface area contributed by atoms with Crippen LogP contribution in [0.4, 0.5) is 5.69 Å². The highest BCUT2D eigenvalue weighted by atomic mass is 32.2. The number of amides is 1. The van der Waals surface area contributed by atoms with Crippen molar-refractivity contribution in [3.8, 4) is 0 Å². The minimum absolute atomic E-state index is 0.0122. The SMILES string of the molecule is COC(=O)c1ccccc1NC(=O)CSc1ncc(S(=O)(=O)c2ccc(C(C)(C)C)cc2)c(=O)[nH]1. The lowest BCUT2D eigenvalue weighted by atomic mass is 9.87. The van der Waals surface area contributed by atoms with E-state index in [0.29, 0.717) is 0 Å². The number of aromatic nitrogens is 2. The van der Waals surface area contributed by atoms with Crippen LogP contribution in [0.5, 0.6) is 0 Å². The van der Waals surface area contributed by atoms with E-state index in [1.807, 2.05) is 20.8 Å². The zero-order chi connectivity index (χ0) is 25.8. The molecule has 1 heterocycles. The van der Waals surface area contributed by atoms with Gasteiger partial charge in [0.05, 0.1) is 35.2 Å². The molecule has 0 aliphatic heterocycles. The number of methoxy groups -OCH3 is 1. The fraction of sp³-hybridized carbons (Fsp3) is 0.250. The molecule has 0 unspecified atom stereocenters. The second-order valence-electron chi connectivity index (χ2n) is 8.53. The Hall–Kier alpha value is -3.44. The van der Waals surface area contributed by atoms with Crippen molar-refractivity contribution in [1.82, 2.24) is 9.97 Å². The van der Waals surface area contributed by atoms with Crippen LogP contribution in [0.15, 0.2) is 74.5 Å². The van der Waals surface area contributed by atoms with Crippen molar-refractivity contribution in [3.63, 3.8) is 0 Å². The van der Waals surface area contributed by atoms with Crippen molar-refractivity contribution in [2.24, 2.45) is 0 Å². The van der Waals surface area contributed by atoms with Gasteiger partial charge in [-0.3, -0.25) is 9.59 Å². The van der Waals surface area contributed by atoms with Gasteiger partial charge in [-0.1, -0.05) is 56.8 Å². The molecule has 1 aromatic heterocycles. The summed E-state index contributed by atoms with van der Waals surface area (Å²) in [4.78, 5) is 42.6. The molecule has 9 nitrogen and oxygen atoms in total. The van der Waals surface area contributed by atoms with Crippen LogP contribution in [0.25, 0.3) is 0 Å². The summed E-state index contributed by atoms with van der Waals surface area (Å²) in [5.74, 6) is -1.19. The highest BCUT2D eigenvalue weighted by Gasteiger charge is 2.23.